The number of imidazole rings is 1. The summed E-state index contributed by atoms with van der Waals surface area (Å²) in [5.74, 6) is 1.21. The van der Waals surface area contributed by atoms with Gasteiger partial charge in [0.25, 0.3) is 0 Å². The first-order valence-corrected chi connectivity index (χ1v) is 8.05. The van der Waals surface area contributed by atoms with Crippen molar-refractivity contribution in [2.75, 3.05) is 20.6 Å². The van der Waals surface area contributed by atoms with Gasteiger partial charge in [0.05, 0.1) is 0 Å². The average molecular weight is 278 g/mol. The molecule has 0 aromatic carbocycles. The van der Waals surface area contributed by atoms with Gasteiger partial charge in [0, 0.05) is 36.9 Å². The first kappa shape index (κ1) is 15.5. The Bertz CT molecular complexity index is 404. The predicted molar refractivity (Wildman–Crippen MR) is 84.0 cm³/mol. The minimum atomic E-state index is 0.292. The highest BCUT2D eigenvalue weighted by Crippen LogP contribution is 2.37. The summed E-state index contributed by atoms with van der Waals surface area (Å²) in [5, 5.41) is 3.74. The van der Waals surface area contributed by atoms with Gasteiger partial charge in [-0.05, 0) is 40.4 Å². The van der Waals surface area contributed by atoms with E-state index in [0.29, 0.717) is 11.6 Å². The van der Waals surface area contributed by atoms with E-state index in [-0.39, 0.29) is 0 Å². The second-order valence-electron chi connectivity index (χ2n) is 6.15. The summed E-state index contributed by atoms with van der Waals surface area (Å²) in [6.07, 6.45) is 10.3. The molecule has 1 aliphatic rings. The zero-order chi connectivity index (χ0) is 14.6. The smallest absolute Gasteiger partial charge is 0.110 e. The van der Waals surface area contributed by atoms with Gasteiger partial charge < -0.3 is 14.8 Å². The van der Waals surface area contributed by atoms with E-state index in [4.69, 9.17) is 0 Å². The maximum atomic E-state index is 4.58. The molecule has 1 aliphatic carbocycles. The van der Waals surface area contributed by atoms with E-state index in [1.54, 1.807) is 0 Å². The summed E-state index contributed by atoms with van der Waals surface area (Å²) in [6, 6.07) is 0.484. The molecule has 0 spiro atoms. The van der Waals surface area contributed by atoms with E-state index in [2.05, 4.69) is 53.9 Å². The zero-order valence-electron chi connectivity index (χ0n) is 13.5. The lowest BCUT2D eigenvalue weighted by Gasteiger charge is -2.43. The van der Waals surface area contributed by atoms with Gasteiger partial charge in [0.15, 0.2) is 0 Å². The van der Waals surface area contributed by atoms with Crippen LogP contribution < -0.4 is 5.32 Å². The molecule has 2 rings (SSSR count). The van der Waals surface area contributed by atoms with Crippen LogP contribution in [-0.4, -0.2) is 46.7 Å². The largest absolute Gasteiger partial charge is 0.335 e. The Kier molecular flexibility index (Phi) is 5.22. The number of aromatic nitrogens is 2. The highest BCUT2D eigenvalue weighted by molar-refractivity contribution is 5.07. The van der Waals surface area contributed by atoms with Crippen molar-refractivity contribution in [1.82, 2.24) is 19.8 Å². The van der Waals surface area contributed by atoms with Gasteiger partial charge in [-0.1, -0.05) is 19.8 Å². The standard InChI is InChI=1S/C16H30N4/c1-5-17-14(13-15-18-11-12-20(15)6-2)16(19(3)4)9-7-8-10-16/h11-12,14,17H,5-10,13H2,1-4H3. The molecule has 1 heterocycles. The highest BCUT2D eigenvalue weighted by Gasteiger charge is 2.43. The molecule has 0 bridgehead atoms. The molecular formula is C16H30N4. The zero-order valence-corrected chi connectivity index (χ0v) is 13.5. The second kappa shape index (κ2) is 6.72. The Balaban J connectivity index is 2.21. The van der Waals surface area contributed by atoms with Crippen LogP contribution in [-0.2, 0) is 13.0 Å². The van der Waals surface area contributed by atoms with Crippen LogP contribution in [0.4, 0.5) is 0 Å². The van der Waals surface area contributed by atoms with Gasteiger partial charge in [0.1, 0.15) is 5.82 Å². The van der Waals surface area contributed by atoms with Crippen molar-refractivity contribution in [3.63, 3.8) is 0 Å². The number of hydrogen-bond acceptors (Lipinski definition) is 3. The summed E-state index contributed by atoms with van der Waals surface area (Å²) in [7, 11) is 4.48. The fourth-order valence-electron chi connectivity index (χ4n) is 3.79. The van der Waals surface area contributed by atoms with E-state index in [0.717, 1.165) is 19.5 Å². The molecule has 1 aromatic heterocycles. The normalized spacial score (nSPS) is 19.6. The molecule has 0 aliphatic heterocycles. The lowest BCUT2D eigenvalue weighted by Crippen LogP contribution is -2.58. The van der Waals surface area contributed by atoms with Crippen LogP contribution in [0.25, 0.3) is 0 Å². The van der Waals surface area contributed by atoms with Crippen molar-refractivity contribution >= 4 is 0 Å². The molecule has 1 N–H and O–H groups in total. The predicted octanol–water partition coefficient (Wildman–Crippen LogP) is 2.30. The Morgan fingerprint density at radius 2 is 2.05 bits per heavy atom. The van der Waals surface area contributed by atoms with Crippen LogP contribution in [0.2, 0.25) is 0 Å². The topological polar surface area (TPSA) is 33.1 Å². The van der Waals surface area contributed by atoms with Crippen molar-refractivity contribution in [2.24, 2.45) is 0 Å². The fourth-order valence-corrected chi connectivity index (χ4v) is 3.79. The summed E-state index contributed by atoms with van der Waals surface area (Å²) in [4.78, 5) is 7.03. The Labute approximate surface area is 123 Å². The number of nitrogens with one attached hydrogen (secondary N) is 1. The lowest BCUT2D eigenvalue weighted by molar-refractivity contribution is 0.104. The third-order valence-corrected chi connectivity index (χ3v) is 4.99. The van der Waals surface area contributed by atoms with Crippen LogP contribution >= 0.6 is 0 Å². The van der Waals surface area contributed by atoms with Crippen molar-refractivity contribution < 1.29 is 0 Å². The first-order valence-electron chi connectivity index (χ1n) is 8.05. The van der Waals surface area contributed by atoms with Crippen LogP contribution in [0.5, 0.6) is 0 Å². The molecule has 1 atom stereocenters. The SMILES string of the molecule is CCNC(Cc1nccn1CC)C1(N(C)C)CCCC1. The minimum Gasteiger partial charge on any atom is -0.335 e. The van der Waals surface area contributed by atoms with Gasteiger partial charge in [-0.2, -0.15) is 0 Å². The third kappa shape index (κ3) is 2.91. The molecule has 1 saturated carbocycles. The Morgan fingerprint density at radius 3 is 2.60 bits per heavy atom. The van der Waals surface area contributed by atoms with E-state index in [1.807, 2.05) is 6.20 Å². The van der Waals surface area contributed by atoms with Gasteiger partial charge >= 0.3 is 0 Å². The average Bonchev–Trinajstić information content (AvgIpc) is 3.07. The van der Waals surface area contributed by atoms with Gasteiger partial charge in [-0.3, -0.25) is 0 Å². The molecule has 4 nitrogen and oxygen atoms in total. The third-order valence-electron chi connectivity index (χ3n) is 4.99. The van der Waals surface area contributed by atoms with Gasteiger partial charge in [-0.25, -0.2) is 4.98 Å². The first-order chi connectivity index (χ1) is 9.64. The van der Waals surface area contributed by atoms with Crippen molar-refractivity contribution in [1.29, 1.82) is 0 Å². The van der Waals surface area contributed by atoms with Crippen LogP contribution in [0, 0.1) is 0 Å². The molecule has 0 amide bonds. The molecule has 0 radical (unpaired) electrons. The van der Waals surface area contributed by atoms with Crippen molar-refractivity contribution in [3.05, 3.63) is 18.2 Å². The van der Waals surface area contributed by atoms with Gasteiger partial charge in [0.2, 0.25) is 0 Å². The molecule has 0 saturated heterocycles. The number of nitrogens with zero attached hydrogens (tertiary/aromatic N) is 3. The molecular weight excluding hydrogens is 248 g/mol. The number of rotatable bonds is 7. The van der Waals surface area contributed by atoms with Crippen LogP contribution in [0.15, 0.2) is 12.4 Å². The minimum absolute atomic E-state index is 0.292. The van der Waals surface area contributed by atoms with Crippen LogP contribution in [0.1, 0.15) is 45.4 Å². The number of aryl methyl sites for hydroxylation is 1. The summed E-state index contributed by atoms with van der Waals surface area (Å²) in [6.45, 7) is 6.42. The molecule has 1 fully saturated rings. The Hall–Kier alpha value is -0.870. The molecule has 20 heavy (non-hydrogen) atoms. The Morgan fingerprint density at radius 1 is 1.35 bits per heavy atom. The fraction of sp³-hybridized carbons (Fsp3) is 0.812. The summed E-state index contributed by atoms with van der Waals surface area (Å²) < 4.78 is 2.27. The number of likely N-dealkylation sites (N-methyl/N-ethyl adjacent to an activating group) is 2. The van der Waals surface area contributed by atoms with Crippen molar-refractivity contribution in [2.45, 2.75) is 64.1 Å². The highest BCUT2D eigenvalue weighted by atomic mass is 15.2. The maximum absolute atomic E-state index is 4.58. The van der Waals surface area contributed by atoms with E-state index in [1.165, 1.54) is 31.5 Å². The maximum Gasteiger partial charge on any atom is 0.110 e. The molecule has 4 heteroatoms. The van der Waals surface area contributed by atoms with E-state index >= 15 is 0 Å². The van der Waals surface area contributed by atoms with E-state index < -0.39 is 0 Å². The monoisotopic (exact) mass is 278 g/mol. The van der Waals surface area contributed by atoms with Gasteiger partial charge in [-0.15, -0.1) is 0 Å². The van der Waals surface area contributed by atoms with Crippen LogP contribution in [0.3, 0.4) is 0 Å². The summed E-state index contributed by atoms with van der Waals surface area (Å²) in [5.41, 5.74) is 0.292. The summed E-state index contributed by atoms with van der Waals surface area (Å²) >= 11 is 0. The van der Waals surface area contributed by atoms with E-state index in [9.17, 15) is 0 Å². The molecule has 1 aromatic rings. The second-order valence-corrected chi connectivity index (χ2v) is 6.15. The molecule has 1 unspecified atom stereocenters. The van der Waals surface area contributed by atoms with Crippen molar-refractivity contribution in [3.8, 4) is 0 Å². The number of hydrogen-bond donors (Lipinski definition) is 1. The lowest BCUT2D eigenvalue weighted by atomic mass is 9.84. The molecule has 114 valence electrons. The quantitative estimate of drug-likeness (QED) is 0.831.